The molecule has 1 aromatic rings. The highest BCUT2D eigenvalue weighted by molar-refractivity contribution is 5.96. The van der Waals surface area contributed by atoms with Gasteiger partial charge in [0, 0.05) is 5.69 Å². The summed E-state index contributed by atoms with van der Waals surface area (Å²) in [6, 6.07) is 3.64. The maximum atomic E-state index is 12.7. The molecule has 3 N–H and O–H groups in total. The van der Waals surface area contributed by atoms with E-state index in [0.29, 0.717) is 0 Å². The summed E-state index contributed by atoms with van der Waals surface area (Å²) >= 11 is 0. The number of benzene rings is 1. The van der Waals surface area contributed by atoms with Crippen LogP contribution in [0.25, 0.3) is 0 Å². The molecular formula is C10H11ClF4N2O2. The van der Waals surface area contributed by atoms with Gasteiger partial charge in [0.1, 0.15) is 5.75 Å². The molecule has 0 fully saturated rings. The molecule has 4 nitrogen and oxygen atoms in total. The van der Waals surface area contributed by atoms with Crippen molar-refractivity contribution in [2.45, 2.75) is 12.3 Å². The largest absolute Gasteiger partial charge is 0.495 e. The average molecular weight is 303 g/mol. The maximum Gasteiger partial charge on any atom is 0.383 e. The Morgan fingerprint density at radius 2 is 2.00 bits per heavy atom. The number of alkyl halides is 4. The topological polar surface area (TPSA) is 64.3 Å². The van der Waals surface area contributed by atoms with Crippen molar-refractivity contribution in [1.82, 2.24) is 0 Å². The van der Waals surface area contributed by atoms with Crippen LogP contribution in [0.3, 0.4) is 0 Å². The lowest BCUT2D eigenvalue weighted by molar-refractivity contribution is -0.163. The van der Waals surface area contributed by atoms with Gasteiger partial charge in [-0.25, -0.2) is 8.78 Å². The predicted molar refractivity (Wildman–Crippen MR) is 64.2 cm³/mol. The normalized spacial score (nSPS) is 10.8. The van der Waals surface area contributed by atoms with Crippen molar-refractivity contribution in [3.8, 4) is 5.75 Å². The molecule has 0 atom stereocenters. The van der Waals surface area contributed by atoms with Crippen molar-refractivity contribution >= 4 is 29.7 Å². The lowest BCUT2D eigenvalue weighted by Crippen LogP contribution is -2.40. The number of hydrogen-bond donors (Lipinski definition) is 2. The molecule has 0 aliphatic carbocycles. The van der Waals surface area contributed by atoms with E-state index < -0.39 is 18.3 Å². The molecular weight excluding hydrogens is 292 g/mol. The van der Waals surface area contributed by atoms with E-state index in [1.165, 1.54) is 19.2 Å². The van der Waals surface area contributed by atoms with Gasteiger partial charge in [-0.1, -0.05) is 0 Å². The van der Waals surface area contributed by atoms with Crippen LogP contribution in [0.5, 0.6) is 5.75 Å². The van der Waals surface area contributed by atoms with Gasteiger partial charge >= 0.3 is 18.3 Å². The Morgan fingerprint density at radius 3 is 2.42 bits per heavy atom. The van der Waals surface area contributed by atoms with E-state index in [9.17, 15) is 22.4 Å². The minimum absolute atomic E-state index is 0. The van der Waals surface area contributed by atoms with Gasteiger partial charge in [-0.2, -0.15) is 8.78 Å². The number of nitrogens with one attached hydrogen (secondary N) is 1. The average Bonchev–Trinajstić information content (AvgIpc) is 2.28. The Kier molecular flexibility index (Phi) is 5.88. The lowest BCUT2D eigenvalue weighted by atomic mass is 10.2. The van der Waals surface area contributed by atoms with Gasteiger partial charge in [0.15, 0.2) is 0 Å². The van der Waals surface area contributed by atoms with Crippen LogP contribution in [-0.4, -0.2) is 25.4 Å². The van der Waals surface area contributed by atoms with Crippen molar-refractivity contribution in [3.05, 3.63) is 18.2 Å². The van der Waals surface area contributed by atoms with E-state index in [0.717, 1.165) is 6.07 Å². The molecule has 0 saturated heterocycles. The van der Waals surface area contributed by atoms with Crippen molar-refractivity contribution < 1.29 is 27.1 Å². The van der Waals surface area contributed by atoms with Crippen molar-refractivity contribution in [2.75, 3.05) is 18.2 Å². The van der Waals surface area contributed by atoms with E-state index in [4.69, 9.17) is 10.5 Å². The molecule has 0 bridgehead atoms. The number of nitrogen functional groups attached to an aromatic ring is 1. The van der Waals surface area contributed by atoms with E-state index in [1.807, 2.05) is 0 Å². The Balaban J connectivity index is 0.00000324. The van der Waals surface area contributed by atoms with Crippen LogP contribution < -0.4 is 15.8 Å². The van der Waals surface area contributed by atoms with Gasteiger partial charge in [0.05, 0.1) is 12.8 Å². The maximum absolute atomic E-state index is 12.7. The summed E-state index contributed by atoms with van der Waals surface area (Å²) in [5.41, 5.74) is 5.42. The minimum atomic E-state index is -4.76. The van der Waals surface area contributed by atoms with E-state index in [1.54, 1.807) is 5.32 Å². The van der Waals surface area contributed by atoms with Crippen LogP contribution in [0.15, 0.2) is 18.2 Å². The zero-order valence-corrected chi connectivity index (χ0v) is 10.4. The predicted octanol–water partition coefficient (Wildman–Crippen LogP) is 2.54. The van der Waals surface area contributed by atoms with Gasteiger partial charge in [-0.05, 0) is 18.2 Å². The summed E-state index contributed by atoms with van der Waals surface area (Å²) in [4.78, 5) is 10.9. The molecule has 0 heterocycles. The molecule has 1 rings (SSSR count). The lowest BCUT2D eigenvalue weighted by Gasteiger charge is -2.15. The van der Waals surface area contributed by atoms with Crippen molar-refractivity contribution in [2.24, 2.45) is 0 Å². The molecule has 0 unspecified atom stereocenters. The summed E-state index contributed by atoms with van der Waals surface area (Å²) in [7, 11) is 1.34. The summed E-state index contributed by atoms with van der Waals surface area (Å²) in [6.07, 6.45) is -4.08. The Bertz CT molecular complexity index is 457. The van der Waals surface area contributed by atoms with E-state index in [-0.39, 0.29) is 29.5 Å². The fourth-order valence-electron chi connectivity index (χ4n) is 1.13. The molecule has 9 heteroatoms. The smallest absolute Gasteiger partial charge is 0.383 e. The highest BCUT2D eigenvalue weighted by Crippen LogP contribution is 2.28. The van der Waals surface area contributed by atoms with Crippen LogP contribution in [0.4, 0.5) is 28.9 Å². The molecule has 0 spiro atoms. The number of halogens is 5. The number of nitrogens with two attached hydrogens (primary N) is 1. The number of amides is 1. The summed E-state index contributed by atoms with van der Waals surface area (Å²) in [5.74, 6) is -6.58. The highest BCUT2D eigenvalue weighted by Gasteiger charge is 2.48. The summed E-state index contributed by atoms with van der Waals surface area (Å²) in [6.45, 7) is 0. The second-order valence-electron chi connectivity index (χ2n) is 3.33. The number of methoxy groups -OCH3 is 1. The fraction of sp³-hybridized carbons (Fsp3) is 0.300. The number of carbonyl (C=O) groups excluding carboxylic acids is 1. The first kappa shape index (κ1) is 17.3. The number of anilines is 2. The number of ether oxygens (including phenoxy) is 1. The van der Waals surface area contributed by atoms with Gasteiger partial charge in [0.25, 0.3) is 0 Å². The minimum Gasteiger partial charge on any atom is -0.495 e. The van der Waals surface area contributed by atoms with Gasteiger partial charge in [-0.3, -0.25) is 4.79 Å². The SMILES string of the molecule is COc1ccc(NC(=O)C(F)(F)C(F)F)cc1N.Cl. The van der Waals surface area contributed by atoms with E-state index in [2.05, 4.69) is 0 Å². The number of hydrogen-bond acceptors (Lipinski definition) is 3. The van der Waals surface area contributed by atoms with Crippen LogP contribution in [0, 0.1) is 0 Å². The first-order valence-electron chi connectivity index (χ1n) is 4.70. The molecule has 1 aromatic carbocycles. The van der Waals surface area contributed by atoms with Crippen molar-refractivity contribution in [3.63, 3.8) is 0 Å². The van der Waals surface area contributed by atoms with Gasteiger partial charge < -0.3 is 15.8 Å². The zero-order valence-electron chi connectivity index (χ0n) is 9.62. The molecule has 1 amide bonds. The quantitative estimate of drug-likeness (QED) is 0.663. The first-order chi connectivity index (χ1) is 8.28. The molecule has 0 radical (unpaired) electrons. The molecule has 19 heavy (non-hydrogen) atoms. The third kappa shape index (κ3) is 3.88. The van der Waals surface area contributed by atoms with Gasteiger partial charge in [-0.15, -0.1) is 12.4 Å². The summed E-state index contributed by atoms with van der Waals surface area (Å²) in [5, 5.41) is 1.65. The third-order valence-electron chi connectivity index (χ3n) is 2.06. The highest BCUT2D eigenvalue weighted by atomic mass is 35.5. The Morgan fingerprint density at radius 1 is 1.42 bits per heavy atom. The molecule has 0 aromatic heterocycles. The van der Waals surface area contributed by atoms with Gasteiger partial charge in [0.2, 0.25) is 0 Å². The van der Waals surface area contributed by atoms with Crippen LogP contribution in [-0.2, 0) is 4.79 Å². The fourth-order valence-corrected chi connectivity index (χ4v) is 1.13. The molecule has 108 valence electrons. The van der Waals surface area contributed by atoms with Crippen LogP contribution in [0.2, 0.25) is 0 Å². The van der Waals surface area contributed by atoms with E-state index >= 15 is 0 Å². The summed E-state index contributed by atoms with van der Waals surface area (Å²) < 4.78 is 53.9. The van der Waals surface area contributed by atoms with Crippen LogP contribution >= 0.6 is 12.4 Å². The zero-order chi connectivity index (χ0) is 13.9. The Hall–Kier alpha value is -1.70. The second-order valence-corrected chi connectivity index (χ2v) is 3.33. The third-order valence-corrected chi connectivity index (χ3v) is 2.06. The molecule has 0 saturated carbocycles. The number of rotatable bonds is 4. The number of carbonyl (C=O) groups is 1. The standard InChI is InChI=1S/C10H10F4N2O2.ClH/c1-18-7-3-2-5(4-6(7)15)16-9(17)10(13,14)8(11)12;/h2-4,8H,15H2,1H3,(H,16,17);1H. The molecule has 0 aliphatic rings. The second kappa shape index (κ2) is 6.46. The van der Waals surface area contributed by atoms with Crippen LogP contribution in [0.1, 0.15) is 0 Å². The first-order valence-corrected chi connectivity index (χ1v) is 4.70. The van der Waals surface area contributed by atoms with Crippen molar-refractivity contribution in [1.29, 1.82) is 0 Å². The monoisotopic (exact) mass is 302 g/mol. The Labute approximate surface area is 112 Å². The molecule has 0 aliphatic heterocycles.